The number of nitrogens with zero attached hydrogens (tertiary/aromatic N) is 1. The number of carbonyl (C=O) groups is 1. The van der Waals surface area contributed by atoms with Gasteiger partial charge in [-0.3, -0.25) is 4.79 Å². The van der Waals surface area contributed by atoms with Gasteiger partial charge in [-0.25, -0.2) is 0 Å². The van der Waals surface area contributed by atoms with Crippen molar-refractivity contribution in [2.45, 2.75) is 39.2 Å². The molecule has 0 spiro atoms. The van der Waals surface area contributed by atoms with Gasteiger partial charge in [0.15, 0.2) is 0 Å². The number of allylic oxidation sites excluding steroid dienone is 4. The van der Waals surface area contributed by atoms with Gasteiger partial charge in [0.25, 0.3) is 0 Å². The van der Waals surface area contributed by atoms with E-state index in [1.165, 1.54) is 5.57 Å². The van der Waals surface area contributed by atoms with Crippen molar-refractivity contribution in [1.29, 1.82) is 0 Å². The fourth-order valence-corrected chi connectivity index (χ4v) is 2.47. The fourth-order valence-electron chi connectivity index (χ4n) is 2.47. The van der Waals surface area contributed by atoms with E-state index in [9.17, 15) is 4.79 Å². The molecule has 1 amide bonds. The minimum absolute atomic E-state index is 0.0753. The number of fused-ring (bicyclic) bond motifs is 1. The van der Waals surface area contributed by atoms with Crippen molar-refractivity contribution in [2.24, 2.45) is 5.92 Å². The van der Waals surface area contributed by atoms with Crippen molar-refractivity contribution in [3.63, 3.8) is 0 Å². The van der Waals surface area contributed by atoms with Crippen molar-refractivity contribution in [3.8, 4) is 0 Å². The summed E-state index contributed by atoms with van der Waals surface area (Å²) in [6.45, 7) is 7.19. The molecule has 2 fully saturated rings. The summed E-state index contributed by atoms with van der Waals surface area (Å²) in [5, 5.41) is 0. The van der Waals surface area contributed by atoms with E-state index in [2.05, 4.69) is 39.0 Å². The molecule has 2 heteroatoms. The molecule has 0 aromatic heterocycles. The van der Waals surface area contributed by atoms with Crippen LogP contribution in [-0.4, -0.2) is 22.9 Å². The molecule has 2 aliphatic rings. The zero-order chi connectivity index (χ0) is 11.1. The maximum absolute atomic E-state index is 11.3. The Morgan fingerprint density at radius 2 is 2.40 bits per heavy atom. The standard InChI is InChI=1S/C13H19NO/c1-4-10(2)6-5-7-11-8-13(3)12(15)14(13)9-11/h4-6,11H,7-9H2,1-3H3/b6-5-,10-4-/t11?,13-,14?/m1/s1. The molecule has 2 heterocycles. The monoisotopic (exact) mass is 205 g/mol. The van der Waals surface area contributed by atoms with Gasteiger partial charge in [-0.2, -0.15) is 0 Å². The molecule has 2 rings (SSSR count). The highest BCUT2D eigenvalue weighted by Crippen LogP contribution is 2.47. The van der Waals surface area contributed by atoms with E-state index in [0.717, 1.165) is 19.4 Å². The van der Waals surface area contributed by atoms with Crippen LogP contribution in [0.5, 0.6) is 0 Å². The van der Waals surface area contributed by atoms with E-state index in [1.54, 1.807) is 0 Å². The van der Waals surface area contributed by atoms with Gasteiger partial charge in [0, 0.05) is 6.54 Å². The van der Waals surface area contributed by atoms with Gasteiger partial charge >= 0.3 is 0 Å². The van der Waals surface area contributed by atoms with E-state index < -0.39 is 0 Å². The van der Waals surface area contributed by atoms with E-state index in [0.29, 0.717) is 11.8 Å². The van der Waals surface area contributed by atoms with E-state index in [4.69, 9.17) is 0 Å². The van der Waals surface area contributed by atoms with Crippen molar-refractivity contribution >= 4 is 5.91 Å². The van der Waals surface area contributed by atoms with Gasteiger partial charge in [-0.05, 0) is 39.5 Å². The van der Waals surface area contributed by atoms with Crippen molar-refractivity contribution in [2.75, 3.05) is 6.54 Å². The molecule has 0 aromatic rings. The summed E-state index contributed by atoms with van der Waals surface area (Å²) < 4.78 is 0. The number of hydrogen-bond donors (Lipinski definition) is 0. The normalized spacial score (nSPS) is 35.1. The highest BCUT2D eigenvalue weighted by molar-refractivity contribution is 6.02. The Hall–Kier alpha value is -1.05. The van der Waals surface area contributed by atoms with Crippen molar-refractivity contribution in [3.05, 3.63) is 23.8 Å². The topological polar surface area (TPSA) is 20.1 Å². The highest BCUT2D eigenvalue weighted by Gasteiger charge is 2.63. The summed E-state index contributed by atoms with van der Waals surface area (Å²) >= 11 is 0. The Morgan fingerprint density at radius 3 is 2.93 bits per heavy atom. The van der Waals surface area contributed by atoms with Crippen LogP contribution in [0.1, 0.15) is 33.6 Å². The summed E-state index contributed by atoms with van der Waals surface area (Å²) in [6, 6.07) is 0. The minimum atomic E-state index is -0.0753. The molecule has 0 aliphatic carbocycles. The summed E-state index contributed by atoms with van der Waals surface area (Å²) in [6.07, 6.45) is 8.66. The molecule has 15 heavy (non-hydrogen) atoms. The first-order valence-corrected chi connectivity index (χ1v) is 5.69. The Labute approximate surface area is 91.6 Å². The average Bonchev–Trinajstić information content (AvgIpc) is 2.60. The molecule has 2 saturated heterocycles. The number of carbonyl (C=O) groups excluding carboxylic acids is 1. The SMILES string of the molecule is C/C=C(C)\C=C/CC1CN2C(=O)[C@@]2(C)C1. The third-order valence-electron chi connectivity index (χ3n) is 3.68. The van der Waals surface area contributed by atoms with Crippen LogP contribution >= 0.6 is 0 Å². The second kappa shape index (κ2) is 3.51. The molecular formula is C13H19NO. The van der Waals surface area contributed by atoms with Crippen LogP contribution < -0.4 is 0 Å². The predicted molar refractivity (Wildman–Crippen MR) is 61.4 cm³/mol. The highest BCUT2D eigenvalue weighted by atomic mass is 16.2. The lowest BCUT2D eigenvalue weighted by Crippen LogP contribution is -2.10. The Balaban J connectivity index is 1.81. The first-order chi connectivity index (χ1) is 7.08. The molecule has 2 nitrogen and oxygen atoms in total. The Morgan fingerprint density at radius 1 is 1.67 bits per heavy atom. The second-order valence-electron chi connectivity index (χ2n) is 4.93. The Bertz CT molecular complexity index is 342. The van der Waals surface area contributed by atoms with Crippen LogP contribution in [0, 0.1) is 5.92 Å². The van der Waals surface area contributed by atoms with Gasteiger partial charge < -0.3 is 4.90 Å². The molecular weight excluding hydrogens is 186 g/mol. The van der Waals surface area contributed by atoms with E-state index in [1.807, 2.05) is 4.90 Å². The molecule has 2 atom stereocenters. The van der Waals surface area contributed by atoms with Gasteiger partial charge in [0.1, 0.15) is 5.54 Å². The fraction of sp³-hybridized carbons (Fsp3) is 0.615. The summed E-state index contributed by atoms with van der Waals surface area (Å²) in [5.41, 5.74) is 1.23. The molecule has 0 aromatic carbocycles. The van der Waals surface area contributed by atoms with Crippen LogP contribution in [-0.2, 0) is 4.79 Å². The molecule has 2 aliphatic heterocycles. The van der Waals surface area contributed by atoms with Gasteiger partial charge in [0.2, 0.25) is 5.91 Å². The van der Waals surface area contributed by atoms with Crippen LogP contribution in [0.4, 0.5) is 0 Å². The molecule has 1 unspecified atom stereocenters. The van der Waals surface area contributed by atoms with Gasteiger partial charge in [0.05, 0.1) is 0 Å². The number of piperidine rings is 1. The number of rotatable bonds is 3. The first-order valence-electron chi connectivity index (χ1n) is 5.69. The lowest BCUT2D eigenvalue weighted by molar-refractivity contribution is -0.115. The lowest BCUT2D eigenvalue weighted by atomic mass is 9.95. The van der Waals surface area contributed by atoms with Crippen LogP contribution in [0.15, 0.2) is 23.8 Å². The van der Waals surface area contributed by atoms with E-state index in [-0.39, 0.29) is 5.54 Å². The zero-order valence-electron chi connectivity index (χ0n) is 9.79. The predicted octanol–water partition coefficient (Wildman–Crippen LogP) is 2.52. The maximum atomic E-state index is 11.3. The molecule has 0 N–H and O–H groups in total. The maximum Gasteiger partial charge on any atom is 0.249 e. The van der Waals surface area contributed by atoms with Gasteiger partial charge in [-0.15, -0.1) is 0 Å². The van der Waals surface area contributed by atoms with Gasteiger partial charge in [-0.1, -0.05) is 23.8 Å². The quantitative estimate of drug-likeness (QED) is 0.512. The van der Waals surface area contributed by atoms with Crippen molar-refractivity contribution in [1.82, 2.24) is 4.90 Å². The third kappa shape index (κ3) is 1.73. The molecule has 82 valence electrons. The number of hydrogen-bond acceptors (Lipinski definition) is 1. The van der Waals surface area contributed by atoms with Crippen LogP contribution in [0.2, 0.25) is 0 Å². The smallest absolute Gasteiger partial charge is 0.249 e. The summed E-state index contributed by atoms with van der Waals surface area (Å²) in [4.78, 5) is 13.3. The van der Waals surface area contributed by atoms with E-state index >= 15 is 0 Å². The molecule has 0 radical (unpaired) electrons. The average molecular weight is 205 g/mol. The van der Waals surface area contributed by atoms with Crippen molar-refractivity contribution < 1.29 is 4.79 Å². The zero-order valence-corrected chi connectivity index (χ0v) is 9.79. The molecule has 0 bridgehead atoms. The lowest BCUT2D eigenvalue weighted by Gasteiger charge is -2.07. The van der Waals surface area contributed by atoms with Crippen LogP contribution in [0.3, 0.4) is 0 Å². The Kier molecular flexibility index (Phi) is 2.45. The molecule has 0 saturated carbocycles. The first kappa shape index (κ1) is 10.5. The van der Waals surface area contributed by atoms with Crippen LogP contribution in [0.25, 0.3) is 0 Å². The largest absolute Gasteiger partial charge is 0.326 e. The summed E-state index contributed by atoms with van der Waals surface area (Å²) in [7, 11) is 0. The number of amides is 1. The summed E-state index contributed by atoms with van der Waals surface area (Å²) in [5.74, 6) is 1.03. The second-order valence-corrected chi connectivity index (χ2v) is 4.93. The third-order valence-corrected chi connectivity index (χ3v) is 3.68. The minimum Gasteiger partial charge on any atom is -0.326 e.